The summed E-state index contributed by atoms with van der Waals surface area (Å²) in [5, 5.41) is 20.2. The van der Waals surface area contributed by atoms with Crippen LogP contribution < -0.4 is 14.8 Å². The maximum absolute atomic E-state index is 9.01. The molecule has 0 aliphatic heterocycles. The molecule has 148 valence electrons. The van der Waals surface area contributed by atoms with E-state index in [2.05, 4.69) is 25.5 Å². The molecule has 0 spiro atoms. The van der Waals surface area contributed by atoms with E-state index in [1.807, 2.05) is 43.3 Å². The lowest BCUT2D eigenvalue weighted by Gasteiger charge is -2.12. The standard InChI is InChI=1S/C21H21N5O3/c1-14-10-15(5-6-19(14)29-13-16-4-2-3-7-23-16)24-17-11-22-12-18-20(17)21(26-25-18)28-9-8-27/h2-7,10-12,24,27H,8-9,13H2,1H3,(H,25,26). The van der Waals surface area contributed by atoms with Crippen molar-refractivity contribution in [2.45, 2.75) is 13.5 Å². The zero-order valence-electron chi connectivity index (χ0n) is 15.9. The summed E-state index contributed by atoms with van der Waals surface area (Å²) < 4.78 is 11.4. The van der Waals surface area contributed by atoms with Crippen LogP contribution in [0.15, 0.2) is 55.0 Å². The Labute approximate surface area is 167 Å². The molecule has 0 saturated carbocycles. The lowest BCUT2D eigenvalue weighted by atomic mass is 10.2. The van der Waals surface area contributed by atoms with Crippen molar-refractivity contribution in [1.82, 2.24) is 20.2 Å². The van der Waals surface area contributed by atoms with E-state index in [0.717, 1.165) is 39.3 Å². The van der Waals surface area contributed by atoms with Crippen molar-refractivity contribution < 1.29 is 14.6 Å². The Hall–Kier alpha value is -3.65. The average molecular weight is 391 g/mol. The molecule has 1 aromatic carbocycles. The molecule has 0 bridgehead atoms. The van der Waals surface area contributed by atoms with Crippen LogP contribution in [-0.4, -0.2) is 38.5 Å². The summed E-state index contributed by atoms with van der Waals surface area (Å²) in [6.07, 6.45) is 5.14. The second kappa shape index (κ2) is 8.57. The number of pyridine rings is 2. The SMILES string of the molecule is Cc1cc(Nc2cncc3[nH]nc(OCCO)c23)ccc1OCc1ccccn1. The molecule has 0 aliphatic rings. The third-order valence-corrected chi connectivity index (χ3v) is 4.32. The third-order valence-electron chi connectivity index (χ3n) is 4.32. The van der Waals surface area contributed by atoms with Crippen LogP contribution in [0.4, 0.5) is 11.4 Å². The minimum Gasteiger partial charge on any atom is -0.487 e. The van der Waals surface area contributed by atoms with Gasteiger partial charge in [-0.3, -0.25) is 15.1 Å². The number of anilines is 2. The van der Waals surface area contributed by atoms with Crippen molar-refractivity contribution in [2.24, 2.45) is 0 Å². The number of aliphatic hydroxyl groups is 1. The van der Waals surface area contributed by atoms with Gasteiger partial charge in [-0.25, -0.2) is 0 Å². The van der Waals surface area contributed by atoms with Crippen LogP contribution in [0.2, 0.25) is 0 Å². The van der Waals surface area contributed by atoms with E-state index in [4.69, 9.17) is 14.6 Å². The smallest absolute Gasteiger partial charge is 0.242 e. The van der Waals surface area contributed by atoms with Crippen molar-refractivity contribution in [3.8, 4) is 11.6 Å². The largest absolute Gasteiger partial charge is 0.487 e. The van der Waals surface area contributed by atoms with Crippen molar-refractivity contribution in [1.29, 1.82) is 0 Å². The first-order valence-electron chi connectivity index (χ1n) is 9.20. The number of hydrogen-bond donors (Lipinski definition) is 3. The van der Waals surface area contributed by atoms with Crippen LogP contribution in [0.25, 0.3) is 10.9 Å². The number of benzene rings is 1. The molecule has 3 N–H and O–H groups in total. The number of hydrogen-bond acceptors (Lipinski definition) is 7. The minimum atomic E-state index is -0.0820. The van der Waals surface area contributed by atoms with E-state index in [0.29, 0.717) is 12.5 Å². The first-order valence-corrected chi connectivity index (χ1v) is 9.20. The fraction of sp³-hybridized carbons (Fsp3) is 0.190. The van der Waals surface area contributed by atoms with Gasteiger partial charge >= 0.3 is 0 Å². The summed E-state index contributed by atoms with van der Waals surface area (Å²) in [6.45, 7) is 2.49. The number of aryl methyl sites for hydroxylation is 1. The lowest BCUT2D eigenvalue weighted by molar-refractivity contribution is 0.198. The topological polar surface area (TPSA) is 105 Å². The summed E-state index contributed by atoms with van der Waals surface area (Å²) in [6, 6.07) is 11.6. The highest BCUT2D eigenvalue weighted by molar-refractivity contribution is 5.96. The molecule has 0 fully saturated rings. The van der Waals surface area contributed by atoms with Gasteiger partial charge in [0.05, 0.1) is 41.3 Å². The second-order valence-electron chi connectivity index (χ2n) is 6.43. The highest BCUT2D eigenvalue weighted by Crippen LogP contribution is 2.32. The average Bonchev–Trinajstić information content (AvgIpc) is 3.16. The number of aromatic nitrogens is 4. The maximum Gasteiger partial charge on any atom is 0.242 e. The highest BCUT2D eigenvalue weighted by Gasteiger charge is 2.13. The fourth-order valence-corrected chi connectivity index (χ4v) is 2.96. The number of nitrogens with one attached hydrogen (secondary N) is 2. The van der Waals surface area contributed by atoms with Gasteiger partial charge < -0.3 is 19.9 Å². The third kappa shape index (κ3) is 4.27. The minimum absolute atomic E-state index is 0.0820. The van der Waals surface area contributed by atoms with Gasteiger partial charge in [-0.2, -0.15) is 0 Å². The second-order valence-corrected chi connectivity index (χ2v) is 6.43. The summed E-state index contributed by atoms with van der Waals surface area (Å²) in [4.78, 5) is 8.50. The van der Waals surface area contributed by atoms with Gasteiger partial charge in [-0.1, -0.05) is 6.07 Å². The van der Waals surface area contributed by atoms with Crippen LogP contribution in [0, 0.1) is 6.92 Å². The molecule has 4 aromatic rings. The Morgan fingerprint density at radius 3 is 2.86 bits per heavy atom. The van der Waals surface area contributed by atoms with Crippen LogP contribution in [0.3, 0.4) is 0 Å². The van der Waals surface area contributed by atoms with Gasteiger partial charge in [-0.05, 0) is 42.8 Å². The Morgan fingerprint density at radius 1 is 1.14 bits per heavy atom. The Balaban J connectivity index is 1.52. The predicted octanol–water partition coefficient (Wildman–Crippen LogP) is 3.36. The molecule has 4 rings (SSSR count). The molecule has 3 aromatic heterocycles. The quantitative estimate of drug-likeness (QED) is 0.423. The first-order chi connectivity index (χ1) is 14.2. The number of fused-ring (bicyclic) bond motifs is 1. The number of aliphatic hydroxyl groups excluding tert-OH is 1. The fourth-order valence-electron chi connectivity index (χ4n) is 2.96. The number of rotatable bonds is 8. The molecule has 0 radical (unpaired) electrons. The Kier molecular flexibility index (Phi) is 5.53. The van der Waals surface area contributed by atoms with E-state index in [1.54, 1.807) is 18.6 Å². The molecular formula is C21H21N5O3. The number of H-pyrrole nitrogens is 1. The number of aromatic amines is 1. The summed E-state index contributed by atoms with van der Waals surface area (Å²) in [5.74, 6) is 1.22. The van der Waals surface area contributed by atoms with Crippen molar-refractivity contribution in [3.63, 3.8) is 0 Å². The van der Waals surface area contributed by atoms with Gasteiger partial charge in [0.25, 0.3) is 0 Å². The van der Waals surface area contributed by atoms with E-state index < -0.39 is 0 Å². The first kappa shape index (κ1) is 18.7. The molecule has 0 unspecified atom stereocenters. The van der Waals surface area contributed by atoms with E-state index in [1.165, 1.54) is 0 Å². The summed E-state index contributed by atoms with van der Waals surface area (Å²) >= 11 is 0. The Morgan fingerprint density at radius 2 is 2.07 bits per heavy atom. The Bertz CT molecular complexity index is 1100. The normalized spacial score (nSPS) is 10.8. The molecule has 0 amide bonds. The van der Waals surface area contributed by atoms with Gasteiger partial charge in [0, 0.05) is 11.9 Å². The van der Waals surface area contributed by atoms with Crippen LogP contribution in [-0.2, 0) is 6.61 Å². The molecule has 0 saturated heterocycles. The molecule has 8 heteroatoms. The van der Waals surface area contributed by atoms with Crippen molar-refractivity contribution >= 4 is 22.3 Å². The number of ether oxygens (including phenoxy) is 2. The van der Waals surface area contributed by atoms with Crippen LogP contribution in [0.5, 0.6) is 11.6 Å². The zero-order chi connectivity index (χ0) is 20.1. The van der Waals surface area contributed by atoms with Gasteiger partial charge in [0.1, 0.15) is 19.0 Å². The number of nitrogens with zero attached hydrogens (tertiary/aromatic N) is 3. The lowest BCUT2D eigenvalue weighted by Crippen LogP contribution is -2.03. The molecule has 8 nitrogen and oxygen atoms in total. The monoisotopic (exact) mass is 391 g/mol. The molecule has 0 atom stereocenters. The highest BCUT2D eigenvalue weighted by atomic mass is 16.5. The van der Waals surface area contributed by atoms with Crippen molar-refractivity contribution in [3.05, 3.63) is 66.2 Å². The van der Waals surface area contributed by atoms with E-state index >= 15 is 0 Å². The summed E-state index contributed by atoms with van der Waals surface area (Å²) in [5.41, 5.74) is 4.26. The van der Waals surface area contributed by atoms with Gasteiger partial charge in [-0.15, -0.1) is 5.10 Å². The zero-order valence-corrected chi connectivity index (χ0v) is 15.9. The summed E-state index contributed by atoms with van der Waals surface area (Å²) in [7, 11) is 0. The van der Waals surface area contributed by atoms with E-state index in [-0.39, 0.29) is 13.2 Å². The van der Waals surface area contributed by atoms with E-state index in [9.17, 15) is 0 Å². The maximum atomic E-state index is 9.01. The van der Waals surface area contributed by atoms with Crippen molar-refractivity contribution in [2.75, 3.05) is 18.5 Å². The molecule has 0 aliphatic carbocycles. The molecule has 29 heavy (non-hydrogen) atoms. The predicted molar refractivity (Wildman–Crippen MR) is 110 cm³/mol. The van der Waals surface area contributed by atoms with Crippen LogP contribution >= 0.6 is 0 Å². The van der Waals surface area contributed by atoms with Crippen LogP contribution in [0.1, 0.15) is 11.3 Å². The molecule has 3 heterocycles. The van der Waals surface area contributed by atoms with Gasteiger partial charge in [0.15, 0.2) is 0 Å². The molecular weight excluding hydrogens is 370 g/mol. The van der Waals surface area contributed by atoms with Gasteiger partial charge in [0.2, 0.25) is 5.88 Å².